The van der Waals surface area contributed by atoms with Gasteiger partial charge in [0.15, 0.2) is 5.78 Å². The highest BCUT2D eigenvalue weighted by Gasteiger charge is 2.47. The lowest BCUT2D eigenvalue weighted by atomic mass is 9.69. The molecule has 2 aliphatic rings. The molecular weight excluding hydrogens is 458 g/mol. The summed E-state index contributed by atoms with van der Waals surface area (Å²) in [6.07, 6.45) is 0.481. The van der Waals surface area contributed by atoms with Gasteiger partial charge in [0.25, 0.3) is 0 Å². The van der Waals surface area contributed by atoms with Crippen LogP contribution in [0.1, 0.15) is 44.2 Å². The van der Waals surface area contributed by atoms with Gasteiger partial charge < -0.3 is 19.5 Å². The molecule has 7 nitrogen and oxygen atoms in total. The van der Waals surface area contributed by atoms with Gasteiger partial charge in [-0.15, -0.1) is 0 Å². The van der Waals surface area contributed by atoms with E-state index in [1.54, 1.807) is 13.8 Å². The molecule has 0 saturated carbocycles. The Hall–Kier alpha value is -3.87. The van der Waals surface area contributed by atoms with Crippen LogP contribution in [0.5, 0.6) is 5.75 Å². The van der Waals surface area contributed by atoms with Crippen molar-refractivity contribution in [3.63, 3.8) is 0 Å². The molecule has 3 atom stereocenters. The number of methoxy groups -OCH3 is 1. The summed E-state index contributed by atoms with van der Waals surface area (Å²) in [5.41, 5.74) is 3.83. The lowest BCUT2D eigenvalue weighted by Crippen LogP contribution is -2.43. The molecule has 1 N–H and O–H groups in total. The lowest BCUT2D eigenvalue weighted by molar-refractivity contribution is -0.151. The van der Waals surface area contributed by atoms with Crippen molar-refractivity contribution in [1.29, 1.82) is 0 Å². The van der Waals surface area contributed by atoms with E-state index < -0.39 is 23.8 Å². The van der Waals surface area contributed by atoms with E-state index in [-0.39, 0.29) is 18.3 Å². The molecule has 0 bridgehead atoms. The molecule has 2 aromatic rings. The molecule has 1 heterocycles. The fraction of sp³-hybridized carbons (Fsp3) is 0.345. The van der Waals surface area contributed by atoms with E-state index in [1.165, 1.54) is 7.11 Å². The Labute approximate surface area is 211 Å². The Bertz CT molecular complexity index is 1230. The number of ether oxygens (including phenoxy) is 3. The fourth-order valence-corrected chi connectivity index (χ4v) is 5.02. The SMILES string of the molecule is CCOC(=O)C1=C(C)NC2=C(C(=O)[C@@H](C(=O)OC)[C@@H](C)C2)[C@H]1c1cccc(OCc2ccccc2)c1. The number of hydrogen-bond donors (Lipinski definition) is 1. The zero-order valence-corrected chi connectivity index (χ0v) is 21.0. The van der Waals surface area contributed by atoms with Crippen LogP contribution in [-0.4, -0.2) is 31.4 Å². The van der Waals surface area contributed by atoms with Gasteiger partial charge in [-0.25, -0.2) is 4.79 Å². The summed E-state index contributed by atoms with van der Waals surface area (Å²) in [7, 11) is 1.28. The van der Waals surface area contributed by atoms with Crippen molar-refractivity contribution in [2.75, 3.05) is 13.7 Å². The monoisotopic (exact) mass is 489 g/mol. The van der Waals surface area contributed by atoms with Crippen molar-refractivity contribution < 1.29 is 28.6 Å². The van der Waals surface area contributed by atoms with Gasteiger partial charge in [-0.05, 0) is 49.4 Å². The zero-order valence-electron chi connectivity index (χ0n) is 21.0. The van der Waals surface area contributed by atoms with Crippen molar-refractivity contribution in [3.05, 3.63) is 88.3 Å². The average Bonchev–Trinajstić information content (AvgIpc) is 2.87. The number of allylic oxidation sites excluding steroid dienone is 3. The molecule has 4 rings (SSSR count). The maximum atomic E-state index is 13.8. The van der Waals surface area contributed by atoms with E-state index in [2.05, 4.69) is 5.32 Å². The molecule has 0 spiro atoms. The number of ketones is 1. The Kier molecular flexibility index (Phi) is 7.58. The van der Waals surface area contributed by atoms with Crippen LogP contribution >= 0.6 is 0 Å². The number of carbonyl (C=O) groups is 3. The molecule has 0 aromatic heterocycles. The van der Waals surface area contributed by atoms with E-state index in [4.69, 9.17) is 14.2 Å². The highest BCUT2D eigenvalue weighted by Crippen LogP contribution is 2.46. The van der Waals surface area contributed by atoms with Crippen LogP contribution in [0, 0.1) is 11.8 Å². The Morgan fingerprint density at radius 1 is 1.08 bits per heavy atom. The first kappa shape index (κ1) is 25.2. The van der Waals surface area contributed by atoms with Crippen molar-refractivity contribution >= 4 is 17.7 Å². The minimum Gasteiger partial charge on any atom is -0.489 e. The fourth-order valence-electron chi connectivity index (χ4n) is 5.02. The van der Waals surface area contributed by atoms with E-state index in [9.17, 15) is 14.4 Å². The number of Topliss-reactive ketones (excluding diaryl/α,β-unsaturated/α-hetero) is 1. The third-order valence-corrected chi connectivity index (χ3v) is 6.68. The smallest absolute Gasteiger partial charge is 0.336 e. The lowest BCUT2D eigenvalue weighted by Gasteiger charge is -2.38. The van der Waals surface area contributed by atoms with Crippen molar-refractivity contribution in [1.82, 2.24) is 5.32 Å². The van der Waals surface area contributed by atoms with Gasteiger partial charge in [-0.1, -0.05) is 49.4 Å². The molecule has 0 saturated heterocycles. The third-order valence-electron chi connectivity index (χ3n) is 6.68. The summed E-state index contributed by atoms with van der Waals surface area (Å²) in [6, 6.07) is 17.2. The normalized spacial score (nSPS) is 21.4. The standard InChI is InChI=1S/C29H31NO6/c1-5-35-29(33)24-18(3)30-22-14-17(2)23(28(32)34-4)27(31)26(22)25(24)20-12-9-13-21(15-20)36-16-19-10-7-6-8-11-19/h6-13,15,17,23,25,30H,5,14,16H2,1-4H3/t17-,23-,25-/m0/s1. The summed E-state index contributed by atoms with van der Waals surface area (Å²) >= 11 is 0. The van der Waals surface area contributed by atoms with E-state index in [0.717, 1.165) is 11.3 Å². The Morgan fingerprint density at radius 2 is 1.83 bits per heavy atom. The average molecular weight is 490 g/mol. The van der Waals surface area contributed by atoms with Crippen LogP contribution in [0.2, 0.25) is 0 Å². The van der Waals surface area contributed by atoms with Gasteiger partial charge in [0.2, 0.25) is 0 Å². The largest absolute Gasteiger partial charge is 0.489 e. The van der Waals surface area contributed by atoms with E-state index >= 15 is 0 Å². The quantitative estimate of drug-likeness (QED) is 0.454. The van der Waals surface area contributed by atoms with Crippen LogP contribution in [0.25, 0.3) is 0 Å². The molecular formula is C29H31NO6. The molecule has 2 aromatic carbocycles. The minimum atomic E-state index is -0.933. The number of nitrogens with one attached hydrogen (secondary N) is 1. The second kappa shape index (κ2) is 10.8. The summed E-state index contributed by atoms with van der Waals surface area (Å²) in [5.74, 6) is -2.67. The molecule has 0 amide bonds. The number of rotatable bonds is 7. The summed E-state index contributed by atoms with van der Waals surface area (Å²) < 4.78 is 16.4. The molecule has 0 unspecified atom stereocenters. The number of dihydropyridines is 1. The zero-order chi connectivity index (χ0) is 25.8. The van der Waals surface area contributed by atoms with Crippen molar-refractivity contribution in [2.24, 2.45) is 11.8 Å². The summed E-state index contributed by atoms with van der Waals surface area (Å²) in [6.45, 7) is 5.98. The topological polar surface area (TPSA) is 90.9 Å². The molecule has 1 aliphatic carbocycles. The molecule has 36 heavy (non-hydrogen) atoms. The second-order valence-corrected chi connectivity index (χ2v) is 9.10. The van der Waals surface area contributed by atoms with Gasteiger partial charge in [0, 0.05) is 22.9 Å². The van der Waals surface area contributed by atoms with Crippen LogP contribution in [0.15, 0.2) is 77.1 Å². The van der Waals surface area contributed by atoms with Crippen molar-refractivity contribution in [2.45, 2.75) is 39.7 Å². The highest BCUT2D eigenvalue weighted by atomic mass is 16.5. The van der Waals surface area contributed by atoms with Gasteiger partial charge in [0.1, 0.15) is 18.3 Å². The van der Waals surface area contributed by atoms with Crippen LogP contribution in [-0.2, 0) is 30.5 Å². The maximum Gasteiger partial charge on any atom is 0.336 e. The number of benzene rings is 2. The Balaban J connectivity index is 1.77. The summed E-state index contributed by atoms with van der Waals surface area (Å²) in [5, 5.41) is 3.26. The van der Waals surface area contributed by atoms with E-state index in [1.807, 2.05) is 61.5 Å². The predicted octanol–water partition coefficient (Wildman–Crippen LogP) is 4.44. The van der Waals surface area contributed by atoms with Gasteiger partial charge >= 0.3 is 11.9 Å². The third kappa shape index (κ3) is 4.91. The first-order valence-corrected chi connectivity index (χ1v) is 12.1. The number of carbonyl (C=O) groups excluding carboxylic acids is 3. The molecule has 188 valence electrons. The minimum absolute atomic E-state index is 0.199. The molecule has 0 fully saturated rings. The molecule has 7 heteroatoms. The molecule has 1 aliphatic heterocycles. The van der Waals surface area contributed by atoms with Gasteiger partial charge in [-0.3, -0.25) is 9.59 Å². The number of hydrogen-bond acceptors (Lipinski definition) is 7. The van der Waals surface area contributed by atoms with Crippen LogP contribution < -0.4 is 10.1 Å². The first-order chi connectivity index (χ1) is 17.3. The van der Waals surface area contributed by atoms with Crippen molar-refractivity contribution in [3.8, 4) is 5.75 Å². The van der Waals surface area contributed by atoms with E-state index in [0.29, 0.717) is 41.2 Å². The van der Waals surface area contributed by atoms with Gasteiger partial charge in [-0.2, -0.15) is 0 Å². The Morgan fingerprint density at radius 3 is 2.53 bits per heavy atom. The summed E-state index contributed by atoms with van der Waals surface area (Å²) in [4.78, 5) is 39.5. The maximum absolute atomic E-state index is 13.8. The second-order valence-electron chi connectivity index (χ2n) is 9.10. The van der Waals surface area contributed by atoms with Crippen LogP contribution in [0.4, 0.5) is 0 Å². The highest BCUT2D eigenvalue weighted by molar-refractivity contribution is 6.12. The number of esters is 2. The van der Waals surface area contributed by atoms with Crippen LogP contribution in [0.3, 0.4) is 0 Å². The predicted molar refractivity (Wildman–Crippen MR) is 134 cm³/mol. The molecule has 0 radical (unpaired) electrons. The first-order valence-electron chi connectivity index (χ1n) is 12.1. The van der Waals surface area contributed by atoms with Gasteiger partial charge in [0.05, 0.1) is 19.3 Å².